The summed E-state index contributed by atoms with van der Waals surface area (Å²) in [6.07, 6.45) is 1.96. The fourth-order valence-corrected chi connectivity index (χ4v) is 6.53. The van der Waals surface area contributed by atoms with Gasteiger partial charge in [-0.25, -0.2) is 9.97 Å². The van der Waals surface area contributed by atoms with Gasteiger partial charge in [0.1, 0.15) is 11.6 Å². The zero-order chi connectivity index (χ0) is 28.7. The Morgan fingerprint density at radius 1 is 0.561 bits per heavy atom. The Morgan fingerprint density at radius 3 is 1.63 bits per heavy atom. The molecule has 0 radical (unpaired) electrons. The van der Waals surface area contributed by atoms with Crippen LogP contribution in [0.4, 0.5) is 17.3 Å². The highest BCUT2D eigenvalue weighted by molar-refractivity contribution is 5.91. The molecular formula is C37H36N4. The molecule has 7 rings (SSSR count). The molecule has 0 bridgehead atoms. The lowest BCUT2D eigenvalue weighted by Crippen LogP contribution is -2.39. The molecule has 0 aliphatic carbocycles. The largest absolute Gasteiger partial charge is 0.278 e. The van der Waals surface area contributed by atoms with Gasteiger partial charge in [0.2, 0.25) is 0 Å². The van der Waals surface area contributed by atoms with Gasteiger partial charge in [-0.1, -0.05) is 109 Å². The lowest BCUT2D eigenvalue weighted by Gasteiger charge is -2.48. The van der Waals surface area contributed by atoms with E-state index in [2.05, 4.69) is 132 Å². The number of hydrogen-bond donors (Lipinski definition) is 0. The van der Waals surface area contributed by atoms with Crippen molar-refractivity contribution in [2.75, 3.05) is 4.90 Å². The van der Waals surface area contributed by atoms with E-state index < -0.39 is 0 Å². The van der Waals surface area contributed by atoms with Crippen molar-refractivity contribution in [3.8, 4) is 22.5 Å². The van der Waals surface area contributed by atoms with Crippen molar-refractivity contribution in [1.82, 2.24) is 15.0 Å². The van der Waals surface area contributed by atoms with Crippen LogP contribution < -0.4 is 4.90 Å². The summed E-state index contributed by atoms with van der Waals surface area (Å²) in [5.74, 6) is 1.90. The first-order valence-corrected chi connectivity index (χ1v) is 14.5. The summed E-state index contributed by atoms with van der Waals surface area (Å²) in [5, 5.41) is 0. The number of pyridine rings is 3. The highest BCUT2D eigenvalue weighted by Gasteiger charge is 2.46. The molecule has 204 valence electrons. The molecule has 4 nitrogen and oxygen atoms in total. The van der Waals surface area contributed by atoms with E-state index in [-0.39, 0.29) is 16.2 Å². The van der Waals surface area contributed by atoms with Crippen LogP contribution in [0.1, 0.15) is 76.4 Å². The predicted octanol–water partition coefficient (Wildman–Crippen LogP) is 9.25. The van der Waals surface area contributed by atoms with Crippen molar-refractivity contribution in [1.29, 1.82) is 0 Å². The van der Waals surface area contributed by atoms with Crippen LogP contribution in [0.15, 0.2) is 91.1 Å². The van der Waals surface area contributed by atoms with Crippen LogP contribution in [0.25, 0.3) is 22.5 Å². The molecule has 4 heteroatoms. The molecule has 5 heterocycles. The van der Waals surface area contributed by atoms with E-state index in [1.807, 2.05) is 12.3 Å². The summed E-state index contributed by atoms with van der Waals surface area (Å²) in [5.41, 5.74) is 10.9. The van der Waals surface area contributed by atoms with Crippen LogP contribution in [-0.4, -0.2) is 15.0 Å². The van der Waals surface area contributed by atoms with Gasteiger partial charge >= 0.3 is 0 Å². The highest BCUT2D eigenvalue weighted by atomic mass is 15.3. The molecule has 0 amide bonds. The smallest absolute Gasteiger partial charge is 0.143 e. The molecular weight excluding hydrogens is 500 g/mol. The monoisotopic (exact) mass is 536 g/mol. The highest BCUT2D eigenvalue weighted by Crippen LogP contribution is 2.59. The number of benzene rings is 2. The van der Waals surface area contributed by atoms with Gasteiger partial charge in [0.15, 0.2) is 0 Å². The lowest BCUT2D eigenvalue weighted by atomic mass is 9.67. The first-order chi connectivity index (χ1) is 19.5. The van der Waals surface area contributed by atoms with Gasteiger partial charge in [0, 0.05) is 50.4 Å². The second-order valence-electron chi connectivity index (χ2n) is 13.5. The van der Waals surface area contributed by atoms with Crippen LogP contribution in [0.2, 0.25) is 0 Å². The molecule has 5 aromatic rings. The standard InChI is InChI=1S/C37H36N4/c1-35(2,3)31-21-16-24(22-38-31)30-20-18-28-34(40-30)41-32-25(14-11-15-26(32)37(28,6)7)36(4,5)27-17-19-29(39-33(27)41)23-12-9-8-10-13-23/h8-22H,1-7H3. The second-order valence-corrected chi connectivity index (χ2v) is 13.5. The number of para-hydroxylation sites is 1. The third-order valence-electron chi connectivity index (χ3n) is 9.02. The Bertz CT molecular complexity index is 1800. The van der Waals surface area contributed by atoms with Crippen molar-refractivity contribution >= 4 is 17.3 Å². The van der Waals surface area contributed by atoms with Crippen molar-refractivity contribution in [2.24, 2.45) is 0 Å². The number of hydrogen-bond acceptors (Lipinski definition) is 4. The van der Waals surface area contributed by atoms with Gasteiger partial charge in [-0.15, -0.1) is 0 Å². The molecule has 3 aromatic heterocycles. The molecule has 41 heavy (non-hydrogen) atoms. The van der Waals surface area contributed by atoms with E-state index in [0.717, 1.165) is 39.8 Å². The molecule has 2 aliphatic rings. The van der Waals surface area contributed by atoms with Crippen molar-refractivity contribution < 1.29 is 0 Å². The normalized spacial score (nSPS) is 16.0. The van der Waals surface area contributed by atoms with Crippen molar-refractivity contribution in [2.45, 2.75) is 64.7 Å². The minimum Gasteiger partial charge on any atom is -0.278 e. The van der Waals surface area contributed by atoms with Crippen LogP contribution in [0.5, 0.6) is 0 Å². The number of anilines is 3. The number of fused-ring (bicyclic) bond motifs is 4. The van der Waals surface area contributed by atoms with E-state index in [4.69, 9.17) is 15.0 Å². The third kappa shape index (κ3) is 3.77. The number of nitrogens with zero attached hydrogens (tertiary/aromatic N) is 4. The molecule has 2 aliphatic heterocycles. The van der Waals surface area contributed by atoms with Gasteiger partial charge in [-0.2, -0.15) is 0 Å². The Labute approximate surface area is 243 Å². The minimum absolute atomic E-state index is 0.00160. The molecule has 0 fully saturated rings. The maximum absolute atomic E-state index is 5.39. The van der Waals surface area contributed by atoms with E-state index >= 15 is 0 Å². The molecule has 0 unspecified atom stereocenters. The van der Waals surface area contributed by atoms with E-state index in [1.54, 1.807) is 0 Å². The number of rotatable bonds is 2. The third-order valence-corrected chi connectivity index (χ3v) is 9.02. The fraction of sp³-hybridized carbons (Fsp3) is 0.270. The minimum atomic E-state index is -0.221. The summed E-state index contributed by atoms with van der Waals surface area (Å²) >= 11 is 0. The Morgan fingerprint density at radius 2 is 1.12 bits per heavy atom. The van der Waals surface area contributed by atoms with Crippen LogP contribution in [-0.2, 0) is 16.2 Å². The second kappa shape index (κ2) is 8.59. The molecule has 0 saturated carbocycles. The SMILES string of the molecule is CC(C)(C)c1ccc(-c2ccc3c(n2)N2c4nc(-c5ccccc5)ccc4C(C)(C)c4cccc(c42)C3(C)C)cn1. The zero-order valence-electron chi connectivity index (χ0n) is 24.9. The fourth-order valence-electron chi connectivity index (χ4n) is 6.53. The quantitative estimate of drug-likeness (QED) is 0.225. The first kappa shape index (κ1) is 25.6. The first-order valence-electron chi connectivity index (χ1n) is 14.5. The average Bonchev–Trinajstić information content (AvgIpc) is 2.96. The number of aromatic nitrogens is 3. The van der Waals surface area contributed by atoms with E-state index in [1.165, 1.54) is 27.9 Å². The van der Waals surface area contributed by atoms with Gasteiger partial charge in [-0.05, 0) is 35.4 Å². The van der Waals surface area contributed by atoms with Crippen molar-refractivity contribution in [3.05, 3.63) is 119 Å². The van der Waals surface area contributed by atoms with Crippen molar-refractivity contribution in [3.63, 3.8) is 0 Å². The summed E-state index contributed by atoms with van der Waals surface area (Å²) in [6, 6.07) is 30.3. The summed E-state index contributed by atoms with van der Waals surface area (Å²) in [4.78, 5) is 17.9. The zero-order valence-corrected chi connectivity index (χ0v) is 24.9. The van der Waals surface area contributed by atoms with Gasteiger partial charge in [0.05, 0.1) is 17.1 Å². The molecule has 2 aromatic carbocycles. The summed E-state index contributed by atoms with van der Waals surface area (Å²) in [7, 11) is 0. The molecule has 0 spiro atoms. The van der Waals surface area contributed by atoms with E-state index in [0.29, 0.717) is 0 Å². The summed E-state index contributed by atoms with van der Waals surface area (Å²) in [6.45, 7) is 15.8. The van der Waals surface area contributed by atoms with Gasteiger partial charge in [-0.3, -0.25) is 9.88 Å². The van der Waals surface area contributed by atoms with E-state index in [9.17, 15) is 0 Å². The maximum Gasteiger partial charge on any atom is 0.143 e. The van der Waals surface area contributed by atoms with Gasteiger partial charge in [0.25, 0.3) is 0 Å². The van der Waals surface area contributed by atoms with Crippen LogP contribution in [0.3, 0.4) is 0 Å². The van der Waals surface area contributed by atoms with Gasteiger partial charge < -0.3 is 0 Å². The molecule has 0 N–H and O–H groups in total. The summed E-state index contributed by atoms with van der Waals surface area (Å²) < 4.78 is 0. The predicted molar refractivity (Wildman–Crippen MR) is 168 cm³/mol. The average molecular weight is 537 g/mol. The Balaban J connectivity index is 1.48. The van der Waals surface area contributed by atoms with Crippen LogP contribution >= 0.6 is 0 Å². The topological polar surface area (TPSA) is 41.9 Å². The molecule has 0 atom stereocenters. The Kier molecular flexibility index (Phi) is 5.38. The van der Waals surface area contributed by atoms with Crippen LogP contribution in [0, 0.1) is 0 Å². The Hall–Kier alpha value is -4.31. The molecule has 0 saturated heterocycles. The lowest BCUT2D eigenvalue weighted by molar-refractivity contribution is 0.569. The maximum atomic E-state index is 5.39.